The fourth-order valence-corrected chi connectivity index (χ4v) is 3.61. The predicted molar refractivity (Wildman–Crippen MR) is 116 cm³/mol. The second-order valence-corrected chi connectivity index (χ2v) is 7.10. The van der Waals surface area contributed by atoms with E-state index in [1.165, 1.54) is 6.92 Å². The molecule has 6 nitrogen and oxygen atoms in total. The maximum atomic E-state index is 11.5. The normalized spacial score (nSPS) is 12.0. The number of amides is 1. The molecule has 0 aliphatic carbocycles. The van der Waals surface area contributed by atoms with Crippen LogP contribution in [-0.2, 0) is 4.79 Å². The van der Waals surface area contributed by atoms with Crippen LogP contribution in [0.2, 0.25) is 0 Å². The van der Waals surface area contributed by atoms with Crippen LogP contribution in [0.3, 0.4) is 0 Å². The van der Waals surface area contributed by atoms with E-state index in [2.05, 4.69) is 32.5 Å². The van der Waals surface area contributed by atoms with Crippen LogP contribution in [0.25, 0.3) is 10.9 Å². The Kier molecular flexibility index (Phi) is 4.99. The van der Waals surface area contributed by atoms with Gasteiger partial charge < -0.3 is 15.6 Å². The predicted octanol–water partition coefficient (Wildman–Crippen LogP) is 4.73. The number of aromatic amines is 1. The number of hydrogen-bond acceptors (Lipinski definition) is 4. The standard InChI is InChI=1S/C23H23N5O/c1-14-7-6-9-21(25-14)28-23(20-8-4-5-12-24-20)22-15(2)26-19-11-10-17(13-18(19)22)27-16(3)29/h4-13,23,26H,1-3H3,(H,25,28)(H,27,29)/t23-/m0/s1. The molecule has 4 rings (SSSR count). The largest absolute Gasteiger partial charge is 0.358 e. The highest BCUT2D eigenvalue weighted by Crippen LogP contribution is 2.34. The molecule has 6 heteroatoms. The first-order valence-corrected chi connectivity index (χ1v) is 9.52. The van der Waals surface area contributed by atoms with Crippen molar-refractivity contribution >= 4 is 28.3 Å². The number of H-pyrrole nitrogens is 1. The zero-order valence-electron chi connectivity index (χ0n) is 16.7. The van der Waals surface area contributed by atoms with E-state index in [0.29, 0.717) is 0 Å². The molecule has 1 aromatic carbocycles. The van der Waals surface area contributed by atoms with E-state index in [4.69, 9.17) is 0 Å². The number of nitrogens with zero attached hydrogens (tertiary/aromatic N) is 2. The molecule has 1 atom stereocenters. The number of carbonyl (C=O) groups is 1. The number of aromatic nitrogens is 3. The molecule has 3 N–H and O–H groups in total. The summed E-state index contributed by atoms with van der Waals surface area (Å²) in [6.07, 6.45) is 1.79. The Morgan fingerprint density at radius 2 is 1.93 bits per heavy atom. The van der Waals surface area contributed by atoms with Gasteiger partial charge in [-0.05, 0) is 56.3 Å². The number of aryl methyl sites for hydroxylation is 2. The smallest absolute Gasteiger partial charge is 0.221 e. The Hall–Kier alpha value is -3.67. The van der Waals surface area contributed by atoms with Gasteiger partial charge in [0.05, 0.1) is 11.7 Å². The van der Waals surface area contributed by atoms with Gasteiger partial charge in [-0.3, -0.25) is 9.78 Å². The summed E-state index contributed by atoms with van der Waals surface area (Å²) in [7, 11) is 0. The van der Waals surface area contributed by atoms with Crippen molar-refractivity contribution in [2.24, 2.45) is 0 Å². The average Bonchev–Trinajstić information content (AvgIpc) is 3.01. The highest BCUT2D eigenvalue weighted by Gasteiger charge is 2.22. The van der Waals surface area contributed by atoms with Crippen molar-refractivity contribution in [2.45, 2.75) is 26.8 Å². The van der Waals surface area contributed by atoms with Crippen LogP contribution in [0, 0.1) is 13.8 Å². The van der Waals surface area contributed by atoms with Crippen LogP contribution in [0.15, 0.2) is 60.8 Å². The van der Waals surface area contributed by atoms with E-state index < -0.39 is 0 Å². The zero-order valence-corrected chi connectivity index (χ0v) is 16.7. The molecule has 0 spiro atoms. The summed E-state index contributed by atoms with van der Waals surface area (Å²) in [5, 5.41) is 7.45. The van der Waals surface area contributed by atoms with E-state index >= 15 is 0 Å². The van der Waals surface area contributed by atoms with E-state index in [9.17, 15) is 4.79 Å². The molecule has 1 amide bonds. The van der Waals surface area contributed by atoms with Gasteiger partial charge in [0.15, 0.2) is 0 Å². The zero-order chi connectivity index (χ0) is 20.4. The summed E-state index contributed by atoms with van der Waals surface area (Å²) in [6, 6.07) is 17.5. The first-order valence-electron chi connectivity index (χ1n) is 9.52. The van der Waals surface area contributed by atoms with Gasteiger partial charge in [0.1, 0.15) is 5.82 Å². The van der Waals surface area contributed by atoms with Crippen LogP contribution in [0.5, 0.6) is 0 Å². The highest BCUT2D eigenvalue weighted by atomic mass is 16.1. The summed E-state index contributed by atoms with van der Waals surface area (Å²) in [5.41, 5.74) is 5.72. The molecule has 0 saturated carbocycles. The summed E-state index contributed by atoms with van der Waals surface area (Å²) < 4.78 is 0. The van der Waals surface area contributed by atoms with Crippen molar-refractivity contribution in [3.63, 3.8) is 0 Å². The molecule has 4 aromatic rings. The van der Waals surface area contributed by atoms with Crippen molar-refractivity contribution < 1.29 is 4.79 Å². The lowest BCUT2D eigenvalue weighted by atomic mass is 9.99. The number of rotatable bonds is 5. The molecule has 0 aliphatic heterocycles. The van der Waals surface area contributed by atoms with Crippen LogP contribution in [0.4, 0.5) is 11.5 Å². The molecular weight excluding hydrogens is 362 g/mol. The lowest BCUT2D eigenvalue weighted by Gasteiger charge is -2.20. The fourth-order valence-electron chi connectivity index (χ4n) is 3.61. The minimum Gasteiger partial charge on any atom is -0.358 e. The second kappa shape index (κ2) is 7.75. The Balaban J connectivity index is 1.86. The van der Waals surface area contributed by atoms with Crippen LogP contribution in [-0.4, -0.2) is 20.9 Å². The maximum absolute atomic E-state index is 11.5. The number of hydrogen-bond donors (Lipinski definition) is 3. The summed E-state index contributed by atoms with van der Waals surface area (Å²) >= 11 is 0. The van der Waals surface area contributed by atoms with Crippen LogP contribution < -0.4 is 10.6 Å². The molecule has 0 saturated heterocycles. The minimum absolute atomic E-state index is 0.0958. The molecular formula is C23H23N5O. The van der Waals surface area contributed by atoms with Crippen molar-refractivity contribution in [3.8, 4) is 0 Å². The number of fused-ring (bicyclic) bond motifs is 1. The monoisotopic (exact) mass is 385 g/mol. The number of anilines is 2. The van der Waals surface area contributed by atoms with Gasteiger partial charge in [-0.1, -0.05) is 12.1 Å². The second-order valence-electron chi connectivity index (χ2n) is 7.10. The quantitative estimate of drug-likeness (QED) is 0.464. The number of benzene rings is 1. The maximum Gasteiger partial charge on any atom is 0.221 e. The molecule has 146 valence electrons. The van der Waals surface area contributed by atoms with Gasteiger partial charge in [0.2, 0.25) is 5.91 Å². The first-order chi connectivity index (χ1) is 14.0. The minimum atomic E-state index is -0.202. The summed E-state index contributed by atoms with van der Waals surface area (Å²) in [5.74, 6) is 0.689. The van der Waals surface area contributed by atoms with E-state index in [0.717, 1.165) is 45.1 Å². The van der Waals surface area contributed by atoms with Gasteiger partial charge in [-0.25, -0.2) is 4.98 Å². The number of carbonyl (C=O) groups excluding carboxylic acids is 1. The lowest BCUT2D eigenvalue weighted by molar-refractivity contribution is -0.114. The number of pyridine rings is 2. The molecule has 3 heterocycles. The molecule has 0 radical (unpaired) electrons. The van der Waals surface area contributed by atoms with Gasteiger partial charge in [0, 0.05) is 46.7 Å². The molecule has 0 bridgehead atoms. The van der Waals surface area contributed by atoms with Crippen molar-refractivity contribution in [1.82, 2.24) is 15.0 Å². The van der Waals surface area contributed by atoms with Crippen molar-refractivity contribution in [1.29, 1.82) is 0 Å². The third kappa shape index (κ3) is 3.96. The third-order valence-corrected chi connectivity index (χ3v) is 4.81. The molecule has 0 unspecified atom stereocenters. The third-order valence-electron chi connectivity index (χ3n) is 4.81. The Bertz CT molecular complexity index is 1170. The lowest BCUT2D eigenvalue weighted by Crippen LogP contribution is -2.15. The molecule has 29 heavy (non-hydrogen) atoms. The van der Waals surface area contributed by atoms with Crippen molar-refractivity contribution in [3.05, 3.63) is 83.4 Å². The Labute approximate surface area is 169 Å². The fraction of sp³-hybridized carbons (Fsp3) is 0.174. The number of nitrogens with one attached hydrogen (secondary N) is 3. The average molecular weight is 385 g/mol. The van der Waals surface area contributed by atoms with E-state index in [1.54, 1.807) is 6.20 Å². The highest BCUT2D eigenvalue weighted by molar-refractivity contribution is 5.94. The van der Waals surface area contributed by atoms with Crippen LogP contribution >= 0.6 is 0 Å². The Morgan fingerprint density at radius 1 is 1.07 bits per heavy atom. The van der Waals surface area contributed by atoms with Gasteiger partial charge >= 0.3 is 0 Å². The van der Waals surface area contributed by atoms with Gasteiger partial charge in [0.25, 0.3) is 0 Å². The van der Waals surface area contributed by atoms with Crippen LogP contribution in [0.1, 0.15) is 35.6 Å². The van der Waals surface area contributed by atoms with E-state index in [1.807, 2.05) is 61.5 Å². The topological polar surface area (TPSA) is 82.7 Å². The summed E-state index contributed by atoms with van der Waals surface area (Å²) in [4.78, 5) is 24.2. The van der Waals surface area contributed by atoms with E-state index in [-0.39, 0.29) is 11.9 Å². The SMILES string of the molecule is CC(=O)Nc1ccc2[nH]c(C)c([C@@H](Nc3cccc(C)n3)c3ccccn3)c2c1. The molecule has 0 fully saturated rings. The summed E-state index contributed by atoms with van der Waals surface area (Å²) in [6.45, 7) is 5.53. The van der Waals surface area contributed by atoms with Gasteiger partial charge in [-0.15, -0.1) is 0 Å². The molecule has 3 aromatic heterocycles. The molecule has 0 aliphatic rings. The Morgan fingerprint density at radius 3 is 2.66 bits per heavy atom. The van der Waals surface area contributed by atoms with Gasteiger partial charge in [-0.2, -0.15) is 0 Å². The first kappa shape index (κ1) is 18.7. The van der Waals surface area contributed by atoms with Crippen molar-refractivity contribution in [2.75, 3.05) is 10.6 Å².